The van der Waals surface area contributed by atoms with E-state index in [1.54, 1.807) is 0 Å². The standard InChI is InChI=1S/C12H21N3OS/c1-8(2)11-14-12(17-15-11)13-7-9-5-3-4-6-10(9)16/h8-10,16H,3-7H2,1-2H3,(H,13,14,15). The van der Waals surface area contributed by atoms with Crippen molar-refractivity contribution in [3.63, 3.8) is 0 Å². The van der Waals surface area contributed by atoms with Crippen molar-refractivity contribution in [3.05, 3.63) is 5.82 Å². The molecule has 2 unspecified atom stereocenters. The summed E-state index contributed by atoms with van der Waals surface area (Å²) in [7, 11) is 0. The molecule has 1 heterocycles. The number of nitrogens with one attached hydrogen (secondary N) is 1. The average Bonchev–Trinajstić information content (AvgIpc) is 2.77. The van der Waals surface area contributed by atoms with Crippen LogP contribution in [-0.4, -0.2) is 27.1 Å². The van der Waals surface area contributed by atoms with E-state index < -0.39 is 0 Å². The summed E-state index contributed by atoms with van der Waals surface area (Å²) in [5, 5.41) is 14.1. The normalized spacial score (nSPS) is 25.2. The predicted octanol–water partition coefficient (Wildman–Crippen LogP) is 2.62. The average molecular weight is 255 g/mol. The predicted molar refractivity (Wildman–Crippen MR) is 70.5 cm³/mol. The molecule has 5 heteroatoms. The smallest absolute Gasteiger partial charge is 0.202 e. The SMILES string of the molecule is CC(C)c1nsc(NCC2CCCCC2O)n1. The van der Waals surface area contributed by atoms with E-state index in [4.69, 9.17) is 0 Å². The molecule has 1 aromatic heterocycles. The molecule has 96 valence electrons. The van der Waals surface area contributed by atoms with Crippen LogP contribution in [0.2, 0.25) is 0 Å². The lowest BCUT2D eigenvalue weighted by atomic mass is 9.86. The van der Waals surface area contributed by atoms with E-state index >= 15 is 0 Å². The van der Waals surface area contributed by atoms with Crippen molar-refractivity contribution in [2.45, 2.75) is 51.6 Å². The first-order valence-corrected chi connectivity index (χ1v) is 7.19. The highest BCUT2D eigenvalue weighted by molar-refractivity contribution is 7.09. The molecule has 4 nitrogen and oxygen atoms in total. The molecule has 0 radical (unpaired) electrons. The Morgan fingerprint density at radius 3 is 2.82 bits per heavy atom. The zero-order valence-electron chi connectivity index (χ0n) is 10.5. The first-order valence-electron chi connectivity index (χ1n) is 6.42. The molecule has 1 fully saturated rings. The molecule has 1 aliphatic carbocycles. The lowest BCUT2D eigenvalue weighted by Gasteiger charge is -2.27. The second kappa shape index (κ2) is 5.78. The fourth-order valence-corrected chi connectivity index (χ4v) is 2.90. The maximum atomic E-state index is 9.87. The fraction of sp³-hybridized carbons (Fsp3) is 0.833. The summed E-state index contributed by atoms with van der Waals surface area (Å²) in [6, 6.07) is 0. The van der Waals surface area contributed by atoms with E-state index in [-0.39, 0.29) is 6.10 Å². The molecule has 1 aromatic rings. The van der Waals surface area contributed by atoms with Crippen LogP contribution >= 0.6 is 11.5 Å². The van der Waals surface area contributed by atoms with E-state index in [0.717, 1.165) is 36.8 Å². The van der Waals surface area contributed by atoms with Gasteiger partial charge in [-0.1, -0.05) is 26.7 Å². The van der Waals surface area contributed by atoms with E-state index in [1.807, 2.05) is 0 Å². The molecule has 2 N–H and O–H groups in total. The number of hydrogen-bond acceptors (Lipinski definition) is 5. The van der Waals surface area contributed by atoms with Crippen molar-refractivity contribution < 1.29 is 5.11 Å². The summed E-state index contributed by atoms with van der Waals surface area (Å²) in [6.45, 7) is 5.00. The van der Waals surface area contributed by atoms with Crippen molar-refractivity contribution in [1.29, 1.82) is 0 Å². The van der Waals surface area contributed by atoms with Crippen molar-refractivity contribution in [2.75, 3.05) is 11.9 Å². The summed E-state index contributed by atoms with van der Waals surface area (Å²) in [5.74, 6) is 1.65. The summed E-state index contributed by atoms with van der Waals surface area (Å²) in [4.78, 5) is 4.43. The zero-order chi connectivity index (χ0) is 12.3. The third-order valence-corrected chi connectivity index (χ3v) is 4.03. The number of anilines is 1. The first kappa shape index (κ1) is 12.8. The van der Waals surface area contributed by atoms with Gasteiger partial charge in [-0.2, -0.15) is 4.37 Å². The molecule has 0 spiro atoms. The number of hydrogen-bond donors (Lipinski definition) is 2. The highest BCUT2D eigenvalue weighted by Crippen LogP contribution is 2.25. The molecule has 0 aliphatic heterocycles. The van der Waals surface area contributed by atoms with E-state index in [0.29, 0.717) is 11.8 Å². The van der Waals surface area contributed by atoms with E-state index in [9.17, 15) is 5.11 Å². The Kier molecular flexibility index (Phi) is 4.34. The maximum Gasteiger partial charge on any atom is 0.202 e. The van der Waals surface area contributed by atoms with Crippen LogP contribution in [0.25, 0.3) is 0 Å². The van der Waals surface area contributed by atoms with Crippen LogP contribution in [0.3, 0.4) is 0 Å². The van der Waals surface area contributed by atoms with Crippen molar-refractivity contribution in [1.82, 2.24) is 9.36 Å². The lowest BCUT2D eigenvalue weighted by Crippen LogP contribution is -2.30. The van der Waals surface area contributed by atoms with E-state index in [2.05, 4.69) is 28.5 Å². The minimum Gasteiger partial charge on any atom is -0.393 e. The highest BCUT2D eigenvalue weighted by atomic mass is 32.1. The Labute approximate surface area is 107 Å². The van der Waals surface area contributed by atoms with Crippen LogP contribution in [0, 0.1) is 5.92 Å². The van der Waals surface area contributed by atoms with Crippen LogP contribution in [0.5, 0.6) is 0 Å². The molecule has 0 saturated heterocycles. The number of nitrogens with zero attached hydrogens (tertiary/aromatic N) is 2. The second-order valence-corrected chi connectivity index (χ2v) is 5.86. The summed E-state index contributed by atoms with van der Waals surface area (Å²) < 4.78 is 4.30. The molecule has 0 amide bonds. The van der Waals surface area contributed by atoms with Crippen LogP contribution in [0.4, 0.5) is 5.13 Å². The van der Waals surface area contributed by atoms with Crippen LogP contribution in [-0.2, 0) is 0 Å². The number of aliphatic hydroxyl groups excluding tert-OH is 1. The van der Waals surface area contributed by atoms with Gasteiger partial charge in [0, 0.05) is 29.9 Å². The minimum atomic E-state index is -0.145. The quantitative estimate of drug-likeness (QED) is 0.868. The van der Waals surface area contributed by atoms with Crippen molar-refractivity contribution >= 4 is 16.7 Å². The van der Waals surface area contributed by atoms with Crippen LogP contribution in [0.15, 0.2) is 0 Å². The Morgan fingerprint density at radius 2 is 2.18 bits per heavy atom. The van der Waals surface area contributed by atoms with Gasteiger partial charge in [0.1, 0.15) is 5.82 Å². The highest BCUT2D eigenvalue weighted by Gasteiger charge is 2.23. The topological polar surface area (TPSA) is 58.0 Å². The van der Waals surface area contributed by atoms with Crippen molar-refractivity contribution in [2.24, 2.45) is 5.92 Å². The minimum absolute atomic E-state index is 0.145. The molecule has 0 bridgehead atoms. The van der Waals surface area contributed by atoms with Crippen molar-refractivity contribution in [3.8, 4) is 0 Å². The molecular formula is C12H21N3OS. The number of aliphatic hydroxyl groups is 1. The molecule has 2 rings (SSSR count). The summed E-state index contributed by atoms with van der Waals surface area (Å²) >= 11 is 1.41. The van der Waals surface area contributed by atoms with Gasteiger partial charge in [0.15, 0.2) is 0 Å². The van der Waals surface area contributed by atoms with E-state index in [1.165, 1.54) is 18.0 Å². The molecule has 2 atom stereocenters. The van der Waals surface area contributed by atoms with Gasteiger partial charge in [0.2, 0.25) is 5.13 Å². The van der Waals surface area contributed by atoms with Gasteiger partial charge in [-0.05, 0) is 12.8 Å². The number of aromatic nitrogens is 2. The van der Waals surface area contributed by atoms with Crippen LogP contribution < -0.4 is 5.32 Å². The largest absolute Gasteiger partial charge is 0.393 e. The Morgan fingerprint density at radius 1 is 1.41 bits per heavy atom. The third kappa shape index (κ3) is 3.39. The maximum absolute atomic E-state index is 9.87. The van der Waals surface area contributed by atoms with Gasteiger partial charge < -0.3 is 10.4 Å². The van der Waals surface area contributed by atoms with Gasteiger partial charge in [-0.25, -0.2) is 4.98 Å². The van der Waals surface area contributed by atoms with Gasteiger partial charge in [-0.15, -0.1) is 0 Å². The zero-order valence-corrected chi connectivity index (χ0v) is 11.3. The Balaban J connectivity index is 1.84. The first-order chi connectivity index (χ1) is 8.16. The fourth-order valence-electron chi connectivity index (χ4n) is 2.19. The molecule has 0 aromatic carbocycles. The van der Waals surface area contributed by atoms with Gasteiger partial charge in [-0.3, -0.25) is 0 Å². The van der Waals surface area contributed by atoms with Crippen LogP contribution in [0.1, 0.15) is 51.3 Å². The molecule has 1 aliphatic rings. The van der Waals surface area contributed by atoms with Gasteiger partial charge in [0.05, 0.1) is 6.10 Å². The lowest BCUT2D eigenvalue weighted by molar-refractivity contribution is 0.0763. The summed E-state index contributed by atoms with van der Waals surface area (Å²) in [6.07, 6.45) is 4.31. The number of rotatable bonds is 4. The monoisotopic (exact) mass is 255 g/mol. The molecule has 17 heavy (non-hydrogen) atoms. The Bertz CT molecular complexity index is 353. The molecule has 1 saturated carbocycles. The Hall–Kier alpha value is -0.680. The molecular weight excluding hydrogens is 234 g/mol. The third-order valence-electron chi connectivity index (χ3n) is 3.34. The summed E-state index contributed by atoms with van der Waals surface area (Å²) in [5.41, 5.74) is 0. The van der Waals surface area contributed by atoms with Gasteiger partial charge in [0.25, 0.3) is 0 Å². The second-order valence-electron chi connectivity index (χ2n) is 5.11. The van der Waals surface area contributed by atoms with Gasteiger partial charge >= 0.3 is 0 Å².